The van der Waals surface area contributed by atoms with Gasteiger partial charge in [-0.15, -0.1) is 11.3 Å². The van der Waals surface area contributed by atoms with E-state index in [2.05, 4.69) is 226 Å². The van der Waals surface area contributed by atoms with Crippen LogP contribution in [0.2, 0.25) is 0 Å². The highest BCUT2D eigenvalue weighted by Gasteiger charge is 2.45. The number of benzene rings is 8. The van der Waals surface area contributed by atoms with Crippen molar-refractivity contribution in [3.05, 3.63) is 192 Å². The van der Waals surface area contributed by atoms with Gasteiger partial charge in [-0.05, 0) is 129 Å². The topological polar surface area (TPSA) is 13.1 Å². The van der Waals surface area contributed by atoms with Crippen molar-refractivity contribution in [1.29, 1.82) is 0 Å². The maximum Gasteiger partial charge on any atom is 0.264 e. The molecule has 3 aromatic heterocycles. The van der Waals surface area contributed by atoms with Crippen LogP contribution in [0, 0.1) is 0 Å². The number of aromatic nitrogens is 2. The third kappa shape index (κ3) is 5.54. The van der Waals surface area contributed by atoms with Gasteiger partial charge in [-0.25, -0.2) is 0 Å². The van der Waals surface area contributed by atoms with E-state index in [0.717, 1.165) is 6.42 Å². The van der Waals surface area contributed by atoms with Gasteiger partial charge in [0.1, 0.15) is 0 Å². The molecular weight excluding hydrogens is 842 g/mol. The Bertz CT molecular complexity index is 3930. The summed E-state index contributed by atoms with van der Waals surface area (Å²) in [6, 6.07) is 63.0. The van der Waals surface area contributed by atoms with Crippen LogP contribution in [0.25, 0.3) is 65.1 Å². The molecule has 0 saturated heterocycles. The molecule has 3 aliphatic rings. The van der Waals surface area contributed by atoms with Crippen molar-refractivity contribution in [2.45, 2.75) is 84.0 Å². The Morgan fingerprint density at radius 1 is 0.544 bits per heavy atom. The summed E-state index contributed by atoms with van der Waals surface area (Å²) < 4.78 is 7.98. The number of anilines is 3. The summed E-state index contributed by atoms with van der Waals surface area (Å²) in [5.41, 5.74) is 21.4. The zero-order chi connectivity index (χ0) is 46.0. The van der Waals surface area contributed by atoms with Crippen molar-refractivity contribution in [2.24, 2.45) is 0 Å². The molecule has 2 aliphatic heterocycles. The summed E-state index contributed by atoms with van der Waals surface area (Å²) in [6.45, 7) is 16.9. The fourth-order valence-corrected chi connectivity index (χ4v) is 14.1. The van der Waals surface area contributed by atoms with Crippen LogP contribution >= 0.6 is 11.3 Å². The lowest BCUT2D eigenvalue weighted by atomic mass is 9.36. The molecule has 0 atom stereocenters. The standard InChI is InChI=1S/C63H54BN3S/c1-61(2,3)40-25-27-45-54(36-40)68-60-59(45)66(42-26-29-47-48(37-42)63(6,7)32-31-62(47,4)5)52-34-39(33-38-17-10-8-11-18-38)35-53-56(52)64(60)49-23-16-22-46-55-51(67(53)57(46)49)30-28-44-43-21-14-15-24-50(43)65(58(44)55)41-19-12-9-13-20-41/h8-30,34-37H,31-33H2,1-7H3. The minimum absolute atomic E-state index is 0.0304. The fraction of sp³-hybridized carbons (Fsp3) is 0.206. The maximum atomic E-state index is 2.70. The highest BCUT2D eigenvalue weighted by Crippen LogP contribution is 2.52. The van der Waals surface area contributed by atoms with Crippen LogP contribution < -0.4 is 20.6 Å². The zero-order valence-corrected chi connectivity index (χ0v) is 40.9. The first kappa shape index (κ1) is 40.3. The zero-order valence-electron chi connectivity index (χ0n) is 40.0. The van der Waals surface area contributed by atoms with Gasteiger partial charge in [0.15, 0.2) is 0 Å². The average Bonchev–Trinajstić information content (AvgIpc) is 4.00. The van der Waals surface area contributed by atoms with Gasteiger partial charge in [-0.3, -0.25) is 0 Å². The van der Waals surface area contributed by atoms with Crippen LogP contribution in [0.15, 0.2) is 164 Å². The fourth-order valence-electron chi connectivity index (χ4n) is 12.8. The van der Waals surface area contributed by atoms with Gasteiger partial charge in [0.2, 0.25) is 0 Å². The monoisotopic (exact) mass is 895 g/mol. The lowest BCUT2D eigenvalue weighted by Gasteiger charge is -2.43. The third-order valence-electron chi connectivity index (χ3n) is 16.3. The molecule has 0 radical (unpaired) electrons. The van der Waals surface area contributed by atoms with Crippen LogP contribution in [0.3, 0.4) is 0 Å². The van der Waals surface area contributed by atoms with E-state index in [1.165, 1.54) is 138 Å². The summed E-state index contributed by atoms with van der Waals surface area (Å²) in [7, 11) is 0. The summed E-state index contributed by atoms with van der Waals surface area (Å²) in [6.07, 6.45) is 3.21. The number of nitrogens with zero attached hydrogens (tertiary/aromatic N) is 3. The van der Waals surface area contributed by atoms with Crippen molar-refractivity contribution in [3.8, 4) is 11.4 Å². The first-order chi connectivity index (χ1) is 32.9. The molecule has 14 rings (SSSR count). The largest absolute Gasteiger partial charge is 0.310 e. The van der Waals surface area contributed by atoms with Gasteiger partial charge < -0.3 is 14.0 Å². The third-order valence-corrected chi connectivity index (χ3v) is 17.5. The first-order valence-corrected chi connectivity index (χ1v) is 25.5. The molecule has 0 unspecified atom stereocenters. The Hall–Kier alpha value is -6.82. The highest BCUT2D eigenvalue weighted by molar-refractivity contribution is 7.33. The van der Waals surface area contributed by atoms with E-state index in [0.29, 0.717) is 0 Å². The molecule has 1 aliphatic carbocycles. The van der Waals surface area contributed by atoms with E-state index in [1.807, 2.05) is 11.3 Å². The Kier molecular flexibility index (Phi) is 8.23. The van der Waals surface area contributed by atoms with Crippen LogP contribution in [-0.2, 0) is 22.7 Å². The molecule has 11 aromatic rings. The Labute approximate surface area is 403 Å². The summed E-state index contributed by atoms with van der Waals surface area (Å²) in [4.78, 5) is 2.70. The van der Waals surface area contributed by atoms with E-state index in [1.54, 1.807) is 0 Å². The molecule has 5 heteroatoms. The molecule has 68 heavy (non-hydrogen) atoms. The predicted octanol–water partition coefficient (Wildman–Crippen LogP) is 14.9. The van der Waals surface area contributed by atoms with Crippen LogP contribution in [0.5, 0.6) is 0 Å². The van der Waals surface area contributed by atoms with Gasteiger partial charge >= 0.3 is 0 Å². The summed E-state index contributed by atoms with van der Waals surface area (Å²) >= 11 is 2.02. The second-order valence-electron chi connectivity index (χ2n) is 22.4. The lowest BCUT2D eigenvalue weighted by molar-refractivity contribution is 0.332. The van der Waals surface area contributed by atoms with Crippen molar-refractivity contribution in [3.63, 3.8) is 0 Å². The smallest absolute Gasteiger partial charge is 0.264 e. The predicted molar refractivity (Wildman–Crippen MR) is 293 cm³/mol. The second-order valence-corrected chi connectivity index (χ2v) is 23.5. The van der Waals surface area contributed by atoms with Crippen molar-refractivity contribution < 1.29 is 0 Å². The molecule has 0 amide bonds. The molecule has 5 heterocycles. The van der Waals surface area contributed by atoms with Gasteiger partial charge in [0, 0.05) is 64.7 Å². The number of fused-ring (bicyclic) bond motifs is 14. The van der Waals surface area contributed by atoms with Crippen molar-refractivity contribution in [2.75, 3.05) is 4.90 Å². The van der Waals surface area contributed by atoms with Gasteiger partial charge in [0.25, 0.3) is 6.71 Å². The highest BCUT2D eigenvalue weighted by atomic mass is 32.1. The SMILES string of the molecule is CC(C)(C)c1ccc2c3c(sc2c1)B1c2c(cc(Cc4ccccc4)cc2-n2c4ccc5c6ccccc6n(-c6ccccc6)c5c4c4cccc1c42)N3c1ccc2c(c1)C(C)(C)CCC2(C)C. The Morgan fingerprint density at radius 2 is 1.25 bits per heavy atom. The van der Waals surface area contributed by atoms with Crippen LogP contribution in [-0.4, -0.2) is 15.8 Å². The molecule has 0 bridgehead atoms. The lowest BCUT2D eigenvalue weighted by Crippen LogP contribution is -2.59. The molecule has 3 nitrogen and oxygen atoms in total. The van der Waals surface area contributed by atoms with E-state index in [-0.39, 0.29) is 23.0 Å². The molecule has 0 fully saturated rings. The normalized spacial score (nSPS) is 15.7. The van der Waals surface area contributed by atoms with Crippen LogP contribution in [0.4, 0.5) is 17.1 Å². The minimum Gasteiger partial charge on any atom is -0.310 e. The van der Waals surface area contributed by atoms with E-state index < -0.39 is 0 Å². The first-order valence-electron chi connectivity index (χ1n) is 24.6. The van der Waals surface area contributed by atoms with E-state index in [4.69, 9.17) is 0 Å². The Balaban J connectivity index is 1.14. The number of hydrogen-bond donors (Lipinski definition) is 0. The molecule has 0 N–H and O–H groups in total. The quantitative estimate of drug-likeness (QED) is 0.160. The second kappa shape index (κ2) is 13.9. The molecule has 0 spiro atoms. The van der Waals surface area contributed by atoms with E-state index >= 15 is 0 Å². The minimum atomic E-state index is 0.0304. The molecule has 0 saturated carbocycles. The number of thiophene rings is 1. The van der Waals surface area contributed by atoms with Crippen LogP contribution in [0.1, 0.15) is 89.1 Å². The number of rotatable bonds is 4. The molecular formula is C63H54BN3S. The maximum absolute atomic E-state index is 2.70. The summed E-state index contributed by atoms with van der Waals surface area (Å²) in [5.74, 6) is 0. The molecule has 330 valence electrons. The molecule has 8 aromatic carbocycles. The van der Waals surface area contributed by atoms with Gasteiger partial charge in [-0.1, -0.05) is 158 Å². The van der Waals surface area contributed by atoms with E-state index in [9.17, 15) is 0 Å². The van der Waals surface area contributed by atoms with Gasteiger partial charge in [-0.2, -0.15) is 0 Å². The van der Waals surface area contributed by atoms with Crippen molar-refractivity contribution in [1.82, 2.24) is 9.13 Å². The number of hydrogen-bond acceptors (Lipinski definition) is 2. The van der Waals surface area contributed by atoms with Crippen molar-refractivity contribution >= 4 is 105 Å². The average molecular weight is 896 g/mol. The number of para-hydroxylation sites is 3. The van der Waals surface area contributed by atoms with Gasteiger partial charge in [0.05, 0.1) is 22.2 Å². The Morgan fingerprint density at radius 3 is 2.04 bits per heavy atom. The summed E-state index contributed by atoms with van der Waals surface area (Å²) in [5, 5.41) is 6.52.